The van der Waals surface area contributed by atoms with Crippen LogP contribution in [0.25, 0.3) is 10.2 Å². The molecule has 0 bridgehead atoms. The average molecular weight is 407 g/mol. The smallest absolute Gasteiger partial charge is 0.348 e. The highest BCUT2D eigenvalue weighted by atomic mass is 32.1. The molecule has 1 aliphatic heterocycles. The maximum Gasteiger partial charge on any atom is 0.348 e. The molecule has 0 amide bonds. The van der Waals surface area contributed by atoms with Crippen molar-refractivity contribution in [2.75, 3.05) is 44.8 Å². The van der Waals surface area contributed by atoms with Gasteiger partial charge in [0.1, 0.15) is 21.3 Å². The largest absolute Gasteiger partial charge is 0.462 e. The lowest BCUT2D eigenvalue weighted by molar-refractivity contribution is 0.00954. The molecule has 8 heteroatoms. The van der Waals surface area contributed by atoms with E-state index in [0.29, 0.717) is 29.3 Å². The number of nitrogens with one attached hydrogen (secondary N) is 1. The Hall–Kier alpha value is -1.77. The molecule has 7 nitrogen and oxygen atoms in total. The third kappa shape index (κ3) is 4.45. The minimum Gasteiger partial charge on any atom is -0.462 e. The number of thiophene rings is 1. The maximum absolute atomic E-state index is 12.3. The molecule has 1 aliphatic rings. The normalized spacial score (nSPS) is 16.5. The molecule has 2 aromatic heterocycles. The molecule has 0 saturated carbocycles. The fourth-order valence-electron chi connectivity index (χ4n) is 3.66. The Morgan fingerprint density at radius 2 is 2.00 bits per heavy atom. The number of ether oxygens (including phenoxy) is 2. The second kappa shape index (κ2) is 9.15. The highest BCUT2D eigenvalue weighted by Crippen LogP contribution is 2.34. The Labute approximate surface area is 170 Å². The molecule has 2 aromatic rings. The van der Waals surface area contributed by atoms with Crippen LogP contribution in [0.1, 0.15) is 41.8 Å². The van der Waals surface area contributed by atoms with Gasteiger partial charge in [0.2, 0.25) is 0 Å². The number of aromatic nitrogens is 2. The minimum atomic E-state index is -0.292. The fourth-order valence-corrected chi connectivity index (χ4v) is 4.78. The van der Waals surface area contributed by atoms with Crippen molar-refractivity contribution in [3.63, 3.8) is 0 Å². The highest BCUT2D eigenvalue weighted by molar-refractivity contribution is 7.20. The highest BCUT2D eigenvalue weighted by Gasteiger charge is 2.25. The Bertz CT molecular complexity index is 830. The van der Waals surface area contributed by atoms with Gasteiger partial charge in [-0.1, -0.05) is 13.8 Å². The van der Waals surface area contributed by atoms with Crippen molar-refractivity contribution >= 4 is 33.3 Å². The van der Waals surface area contributed by atoms with E-state index in [2.05, 4.69) is 34.0 Å². The molecule has 1 saturated heterocycles. The average Bonchev–Trinajstić information content (AvgIpc) is 2.99. The molecule has 28 heavy (non-hydrogen) atoms. The van der Waals surface area contributed by atoms with E-state index in [1.54, 1.807) is 0 Å². The van der Waals surface area contributed by atoms with Gasteiger partial charge >= 0.3 is 5.97 Å². The summed E-state index contributed by atoms with van der Waals surface area (Å²) in [6.45, 7) is 14.7. The lowest BCUT2D eigenvalue weighted by Gasteiger charge is -2.37. The van der Waals surface area contributed by atoms with Crippen LogP contribution in [0, 0.1) is 19.8 Å². The van der Waals surface area contributed by atoms with Gasteiger partial charge in [-0.25, -0.2) is 14.8 Å². The number of esters is 1. The first-order valence-electron chi connectivity index (χ1n) is 9.92. The number of carbonyl (C=O) groups is 1. The van der Waals surface area contributed by atoms with Crippen LogP contribution < -0.4 is 5.32 Å². The van der Waals surface area contributed by atoms with Crippen LogP contribution in [0.5, 0.6) is 0 Å². The van der Waals surface area contributed by atoms with Crippen molar-refractivity contribution in [2.45, 2.75) is 40.7 Å². The minimum absolute atomic E-state index is 0.292. The van der Waals surface area contributed by atoms with Gasteiger partial charge in [0, 0.05) is 25.7 Å². The Morgan fingerprint density at radius 3 is 2.64 bits per heavy atom. The summed E-state index contributed by atoms with van der Waals surface area (Å²) in [7, 11) is 0. The molecule has 0 spiro atoms. The molecule has 1 atom stereocenters. The van der Waals surface area contributed by atoms with Crippen LogP contribution in [0.3, 0.4) is 0 Å². The van der Waals surface area contributed by atoms with Crippen LogP contribution in [0.2, 0.25) is 0 Å². The molecular formula is C20H30N4O3S. The summed E-state index contributed by atoms with van der Waals surface area (Å²) < 4.78 is 10.7. The number of hydrogen-bond donors (Lipinski definition) is 1. The summed E-state index contributed by atoms with van der Waals surface area (Å²) in [5.41, 5.74) is 0.883. The number of fused-ring (bicyclic) bond motifs is 1. The summed E-state index contributed by atoms with van der Waals surface area (Å²) in [6, 6.07) is 0.387. The monoisotopic (exact) mass is 406 g/mol. The first-order valence-corrected chi connectivity index (χ1v) is 10.7. The van der Waals surface area contributed by atoms with E-state index < -0.39 is 0 Å². The molecule has 1 N–H and O–H groups in total. The molecule has 1 unspecified atom stereocenters. The van der Waals surface area contributed by atoms with Crippen LogP contribution in [0.15, 0.2) is 0 Å². The van der Waals surface area contributed by atoms with Crippen molar-refractivity contribution in [1.82, 2.24) is 14.9 Å². The van der Waals surface area contributed by atoms with Gasteiger partial charge in [-0.15, -0.1) is 11.3 Å². The van der Waals surface area contributed by atoms with Gasteiger partial charge in [-0.3, -0.25) is 4.90 Å². The number of anilines is 1. The first kappa shape index (κ1) is 21.0. The van der Waals surface area contributed by atoms with Crippen molar-refractivity contribution in [2.24, 2.45) is 5.92 Å². The number of aryl methyl sites for hydroxylation is 2. The van der Waals surface area contributed by atoms with Crippen molar-refractivity contribution in [1.29, 1.82) is 0 Å². The summed E-state index contributed by atoms with van der Waals surface area (Å²) in [5, 5.41) is 4.47. The van der Waals surface area contributed by atoms with Gasteiger partial charge in [0.25, 0.3) is 0 Å². The van der Waals surface area contributed by atoms with Crippen molar-refractivity contribution < 1.29 is 14.3 Å². The van der Waals surface area contributed by atoms with Crippen LogP contribution in [-0.4, -0.2) is 66.3 Å². The lowest BCUT2D eigenvalue weighted by atomic mass is 10.0. The van der Waals surface area contributed by atoms with Gasteiger partial charge < -0.3 is 14.8 Å². The first-order chi connectivity index (χ1) is 13.4. The van der Waals surface area contributed by atoms with E-state index in [0.717, 1.165) is 54.4 Å². The fraction of sp³-hybridized carbons (Fsp3) is 0.650. The molecule has 0 aliphatic carbocycles. The van der Waals surface area contributed by atoms with Crippen LogP contribution >= 0.6 is 11.3 Å². The summed E-state index contributed by atoms with van der Waals surface area (Å²) >= 11 is 1.38. The van der Waals surface area contributed by atoms with Crippen LogP contribution in [-0.2, 0) is 9.47 Å². The topological polar surface area (TPSA) is 76.6 Å². The summed E-state index contributed by atoms with van der Waals surface area (Å²) in [4.78, 5) is 25.4. The predicted molar refractivity (Wildman–Crippen MR) is 112 cm³/mol. The van der Waals surface area contributed by atoms with Crippen LogP contribution in [0.4, 0.5) is 5.82 Å². The molecular weight excluding hydrogens is 376 g/mol. The number of carbonyl (C=O) groups excluding carboxylic acids is 1. The number of rotatable bonds is 7. The molecule has 0 aromatic carbocycles. The zero-order valence-corrected chi connectivity index (χ0v) is 18.2. The molecule has 1 fully saturated rings. The summed E-state index contributed by atoms with van der Waals surface area (Å²) in [6.07, 6.45) is 0. The Kier molecular flexibility index (Phi) is 6.85. The van der Waals surface area contributed by atoms with E-state index in [1.165, 1.54) is 11.3 Å². The van der Waals surface area contributed by atoms with E-state index in [4.69, 9.17) is 9.47 Å². The Balaban J connectivity index is 1.88. The standard InChI is InChI=1S/C20H30N4O3S/c1-6-27-20(25)17-13(4)16-18(22-14(5)23-19(16)28-17)21-11-15(12(2)3)24-7-9-26-10-8-24/h12,15H,6-11H2,1-5H3,(H,21,22,23). The molecule has 0 radical (unpaired) electrons. The second-order valence-electron chi connectivity index (χ2n) is 7.42. The molecule has 3 heterocycles. The summed E-state index contributed by atoms with van der Waals surface area (Å²) in [5.74, 6) is 1.70. The van der Waals surface area contributed by atoms with Gasteiger partial charge in [-0.2, -0.15) is 0 Å². The lowest BCUT2D eigenvalue weighted by Crippen LogP contribution is -2.49. The van der Waals surface area contributed by atoms with Gasteiger partial charge in [-0.05, 0) is 32.3 Å². The van der Waals surface area contributed by atoms with Crippen molar-refractivity contribution in [3.05, 3.63) is 16.3 Å². The van der Waals surface area contributed by atoms with E-state index in [9.17, 15) is 4.79 Å². The zero-order chi connectivity index (χ0) is 20.3. The van der Waals surface area contributed by atoms with Crippen molar-refractivity contribution in [3.8, 4) is 0 Å². The molecule has 154 valence electrons. The maximum atomic E-state index is 12.3. The van der Waals surface area contributed by atoms with Gasteiger partial charge in [0.15, 0.2) is 0 Å². The predicted octanol–water partition coefficient (Wildman–Crippen LogP) is 3.25. The molecule has 3 rings (SSSR count). The number of hydrogen-bond acceptors (Lipinski definition) is 8. The van der Waals surface area contributed by atoms with E-state index in [1.807, 2.05) is 20.8 Å². The number of morpholine rings is 1. The number of nitrogens with zero attached hydrogens (tertiary/aromatic N) is 3. The van der Waals surface area contributed by atoms with E-state index in [-0.39, 0.29) is 5.97 Å². The third-order valence-corrected chi connectivity index (χ3v) is 6.29. The second-order valence-corrected chi connectivity index (χ2v) is 8.42. The Morgan fingerprint density at radius 1 is 1.29 bits per heavy atom. The quantitative estimate of drug-likeness (QED) is 0.707. The van der Waals surface area contributed by atoms with Gasteiger partial charge in [0.05, 0.1) is 25.2 Å². The van der Waals surface area contributed by atoms with E-state index >= 15 is 0 Å². The zero-order valence-electron chi connectivity index (χ0n) is 17.4. The third-order valence-electron chi connectivity index (χ3n) is 5.13. The SMILES string of the molecule is CCOC(=O)c1sc2nc(C)nc(NCC(C(C)C)N3CCOCC3)c2c1C.